The van der Waals surface area contributed by atoms with Gasteiger partial charge < -0.3 is 0 Å². The van der Waals surface area contributed by atoms with E-state index in [1.807, 2.05) is 0 Å². The summed E-state index contributed by atoms with van der Waals surface area (Å²) < 4.78 is 29.4. The SMILES string of the molecule is O=S(=O)(O)[C@@H]1C=CC=CC1. The van der Waals surface area contributed by atoms with Gasteiger partial charge in [-0.15, -0.1) is 0 Å². The van der Waals surface area contributed by atoms with Crippen molar-refractivity contribution in [2.45, 2.75) is 11.7 Å². The first kappa shape index (κ1) is 7.50. The van der Waals surface area contributed by atoms with Gasteiger partial charge in [0.2, 0.25) is 0 Å². The molecule has 1 rings (SSSR count). The quantitative estimate of drug-likeness (QED) is 0.576. The number of hydrogen-bond donors (Lipinski definition) is 1. The molecule has 0 aliphatic heterocycles. The Labute approximate surface area is 59.8 Å². The normalized spacial score (nSPS) is 25.1. The first-order valence-electron chi connectivity index (χ1n) is 2.90. The van der Waals surface area contributed by atoms with Crippen LogP contribution in [0.25, 0.3) is 0 Å². The summed E-state index contributed by atoms with van der Waals surface area (Å²) in [7, 11) is -3.86. The molecule has 0 aromatic carbocycles. The Kier molecular flexibility index (Phi) is 1.92. The predicted molar refractivity (Wildman–Crippen MR) is 38.2 cm³/mol. The van der Waals surface area contributed by atoms with Crippen molar-refractivity contribution in [1.29, 1.82) is 0 Å². The molecular weight excluding hydrogens is 152 g/mol. The van der Waals surface area contributed by atoms with Crippen molar-refractivity contribution < 1.29 is 13.0 Å². The molecule has 0 spiro atoms. The van der Waals surface area contributed by atoms with Crippen molar-refractivity contribution in [2.24, 2.45) is 0 Å². The lowest BCUT2D eigenvalue weighted by Gasteiger charge is -2.07. The van der Waals surface area contributed by atoms with Gasteiger partial charge in [0.05, 0.1) is 0 Å². The Balaban J connectivity index is 2.79. The van der Waals surface area contributed by atoms with Crippen molar-refractivity contribution in [1.82, 2.24) is 0 Å². The monoisotopic (exact) mass is 160 g/mol. The molecule has 0 fully saturated rings. The van der Waals surface area contributed by atoms with E-state index in [1.54, 1.807) is 18.2 Å². The van der Waals surface area contributed by atoms with E-state index in [4.69, 9.17) is 4.55 Å². The Morgan fingerprint density at radius 3 is 2.40 bits per heavy atom. The third-order valence-corrected chi connectivity index (χ3v) is 2.44. The maximum atomic E-state index is 10.5. The average Bonchev–Trinajstić information content (AvgIpc) is 1.88. The van der Waals surface area contributed by atoms with E-state index < -0.39 is 15.4 Å². The van der Waals surface area contributed by atoms with Gasteiger partial charge in [-0.25, -0.2) is 0 Å². The fraction of sp³-hybridized carbons (Fsp3) is 0.333. The van der Waals surface area contributed by atoms with Crippen LogP contribution in [0.15, 0.2) is 24.3 Å². The summed E-state index contributed by atoms with van der Waals surface area (Å²) in [5.74, 6) is 0. The fourth-order valence-corrected chi connectivity index (χ4v) is 1.42. The van der Waals surface area contributed by atoms with Crippen molar-refractivity contribution in [3.8, 4) is 0 Å². The van der Waals surface area contributed by atoms with Crippen LogP contribution in [-0.4, -0.2) is 18.2 Å². The molecule has 0 bridgehead atoms. The Morgan fingerprint density at radius 1 is 1.40 bits per heavy atom. The van der Waals surface area contributed by atoms with Crippen LogP contribution >= 0.6 is 0 Å². The second-order valence-electron chi connectivity index (χ2n) is 2.10. The zero-order chi connectivity index (χ0) is 7.61. The van der Waals surface area contributed by atoms with Gasteiger partial charge in [-0.05, 0) is 6.42 Å². The van der Waals surface area contributed by atoms with Crippen LogP contribution in [0.3, 0.4) is 0 Å². The van der Waals surface area contributed by atoms with Crippen LogP contribution in [-0.2, 0) is 10.1 Å². The van der Waals surface area contributed by atoms with Crippen LogP contribution in [0.2, 0.25) is 0 Å². The van der Waals surface area contributed by atoms with Crippen molar-refractivity contribution in [3.63, 3.8) is 0 Å². The topological polar surface area (TPSA) is 54.4 Å². The molecule has 1 aliphatic carbocycles. The molecule has 10 heavy (non-hydrogen) atoms. The van der Waals surface area contributed by atoms with Gasteiger partial charge in [0.1, 0.15) is 5.25 Å². The van der Waals surface area contributed by atoms with Gasteiger partial charge in [-0.2, -0.15) is 8.42 Å². The maximum absolute atomic E-state index is 10.5. The fourth-order valence-electron chi connectivity index (χ4n) is 0.779. The third-order valence-electron chi connectivity index (χ3n) is 1.32. The molecule has 0 amide bonds. The van der Waals surface area contributed by atoms with Gasteiger partial charge in [-0.1, -0.05) is 24.3 Å². The number of allylic oxidation sites excluding steroid dienone is 3. The van der Waals surface area contributed by atoms with Crippen LogP contribution < -0.4 is 0 Å². The lowest BCUT2D eigenvalue weighted by molar-refractivity contribution is 0.474. The molecule has 1 aliphatic rings. The van der Waals surface area contributed by atoms with Crippen LogP contribution in [0.4, 0.5) is 0 Å². The third kappa shape index (κ3) is 1.68. The molecule has 0 aromatic rings. The van der Waals surface area contributed by atoms with E-state index in [2.05, 4.69) is 0 Å². The summed E-state index contributed by atoms with van der Waals surface area (Å²) in [4.78, 5) is 0. The largest absolute Gasteiger partial charge is 0.285 e. The summed E-state index contributed by atoms with van der Waals surface area (Å²) in [6.07, 6.45) is 6.91. The minimum absolute atomic E-state index is 0.370. The minimum Gasteiger partial charge on any atom is -0.285 e. The average molecular weight is 160 g/mol. The smallest absolute Gasteiger partial charge is 0.271 e. The lowest BCUT2D eigenvalue weighted by atomic mass is 10.2. The highest BCUT2D eigenvalue weighted by atomic mass is 32.2. The predicted octanol–water partition coefficient (Wildman–Crippen LogP) is 0.759. The number of rotatable bonds is 1. The van der Waals surface area contributed by atoms with Gasteiger partial charge >= 0.3 is 0 Å². The van der Waals surface area contributed by atoms with E-state index in [1.165, 1.54) is 6.08 Å². The van der Waals surface area contributed by atoms with E-state index >= 15 is 0 Å². The first-order chi connectivity index (χ1) is 4.61. The zero-order valence-corrected chi connectivity index (χ0v) is 6.08. The Morgan fingerprint density at radius 2 is 2.10 bits per heavy atom. The van der Waals surface area contributed by atoms with Crippen molar-refractivity contribution >= 4 is 10.1 Å². The second-order valence-corrected chi connectivity index (χ2v) is 3.74. The molecule has 0 heterocycles. The molecule has 0 unspecified atom stereocenters. The summed E-state index contributed by atoms with van der Waals surface area (Å²) >= 11 is 0. The molecule has 4 heteroatoms. The van der Waals surface area contributed by atoms with E-state index in [0.29, 0.717) is 6.42 Å². The molecule has 0 aromatic heterocycles. The number of hydrogen-bond acceptors (Lipinski definition) is 2. The molecule has 1 N–H and O–H groups in total. The summed E-state index contributed by atoms with van der Waals surface area (Å²) in [6, 6.07) is 0. The maximum Gasteiger partial charge on any atom is 0.271 e. The van der Waals surface area contributed by atoms with Crippen molar-refractivity contribution in [2.75, 3.05) is 0 Å². The lowest BCUT2D eigenvalue weighted by Crippen LogP contribution is -2.17. The highest BCUT2D eigenvalue weighted by Crippen LogP contribution is 2.10. The standard InChI is InChI=1S/C6H8O3S/c7-10(8,9)6-4-2-1-3-5-6/h1-4,6H,5H2,(H,7,8,9)/t6-/m1/s1. The van der Waals surface area contributed by atoms with E-state index in [0.717, 1.165) is 0 Å². The molecule has 0 saturated carbocycles. The Hall–Kier alpha value is -0.610. The van der Waals surface area contributed by atoms with Gasteiger partial charge in [0.25, 0.3) is 10.1 Å². The van der Waals surface area contributed by atoms with Gasteiger partial charge in [0, 0.05) is 0 Å². The second kappa shape index (κ2) is 2.56. The van der Waals surface area contributed by atoms with Crippen LogP contribution in [0.1, 0.15) is 6.42 Å². The van der Waals surface area contributed by atoms with Crippen molar-refractivity contribution in [3.05, 3.63) is 24.3 Å². The summed E-state index contributed by atoms with van der Waals surface area (Å²) in [6.45, 7) is 0. The van der Waals surface area contributed by atoms with Crippen LogP contribution in [0, 0.1) is 0 Å². The molecule has 0 radical (unpaired) electrons. The zero-order valence-electron chi connectivity index (χ0n) is 5.27. The van der Waals surface area contributed by atoms with E-state index in [9.17, 15) is 8.42 Å². The van der Waals surface area contributed by atoms with Gasteiger partial charge in [-0.3, -0.25) is 4.55 Å². The highest BCUT2D eigenvalue weighted by molar-refractivity contribution is 7.86. The highest BCUT2D eigenvalue weighted by Gasteiger charge is 2.18. The van der Waals surface area contributed by atoms with Gasteiger partial charge in [0.15, 0.2) is 0 Å². The molecule has 0 saturated heterocycles. The molecule has 1 atom stereocenters. The summed E-state index contributed by atoms with van der Waals surface area (Å²) in [5.41, 5.74) is 0. The van der Waals surface area contributed by atoms with Crippen LogP contribution in [0.5, 0.6) is 0 Å². The molecular formula is C6H8O3S. The molecule has 3 nitrogen and oxygen atoms in total. The summed E-state index contributed by atoms with van der Waals surface area (Å²) in [5, 5.41) is -0.738. The first-order valence-corrected chi connectivity index (χ1v) is 4.40. The van der Waals surface area contributed by atoms with E-state index in [-0.39, 0.29) is 0 Å². The minimum atomic E-state index is -3.86. The molecule has 56 valence electrons. The Bertz CT molecular complexity index is 261.